The molecule has 4 heteroatoms. The number of aromatic nitrogens is 2. The second-order valence-corrected chi connectivity index (χ2v) is 4.51. The van der Waals surface area contributed by atoms with Gasteiger partial charge in [0.25, 0.3) is 0 Å². The van der Waals surface area contributed by atoms with Gasteiger partial charge in [-0.15, -0.1) is 0 Å². The first kappa shape index (κ1) is 13.2. The van der Waals surface area contributed by atoms with Gasteiger partial charge in [-0.2, -0.15) is 5.10 Å². The highest BCUT2D eigenvalue weighted by molar-refractivity contribution is 5.03. The number of hydrogen-bond donors (Lipinski definition) is 1. The van der Waals surface area contributed by atoms with Crippen molar-refractivity contribution in [2.75, 3.05) is 13.7 Å². The number of rotatable bonds is 7. The van der Waals surface area contributed by atoms with Crippen LogP contribution in [0.3, 0.4) is 0 Å². The molecule has 0 radical (unpaired) electrons. The van der Waals surface area contributed by atoms with Gasteiger partial charge in [-0.3, -0.25) is 4.68 Å². The van der Waals surface area contributed by atoms with Gasteiger partial charge in [0.2, 0.25) is 0 Å². The quantitative estimate of drug-likeness (QED) is 0.764. The minimum atomic E-state index is -0.245. The molecule has 2 atom stereocenters. The highest BCUT2D eigenvalue weighted by atomic mass is 16.5. The summed E-state index contributed by atoms with van der Waals surface area (Å²) >= 11 is 0. The van der Waals surface area contributed by atoms with Crippen molar-refractivity contribution in [1.29, 1.82) is 0 Å². The van der Waals surface area contributed by atoms with Crippen molar-refractivity contribution in [3.05, 3.63) is 18.0 Å². The van der Waals surface area contributed by atoms with Crippen molar-refractivity contribution in [2.24, 2.45) is 13.0 Å². The summed E-state index contributed by atoms with van der Waals surface area (Å²) in [6.45, 7) is 2.81. The largest absolute Gasteiger partial charge is 0.393 e. The first-order chi connectivity index (χ1) is 7.61. The Kier molecular flexibility index (Phi) is 5.49. The van der Waals surface area contributed by atoms with Crippen LogP contribution < -0.4 is 0 Å². The third-order valence-electron chi connectivity index (χ3n) is 2.65. The van der Waals surface area contributed by atoms with Crippen LogP contribution >= 0.6 is 0 Å². The SMILES string of the molecule is COCC(C)CC(O)CCc1cnn(C)c1. The lowest BCUT2D eigenvalue weighted by atomic mass is 10.00. The van der Waals surface area contributed by atoms with Gasteiger partial charge in [0.15, 0.2) is 0 Å². The fourth-order valence-corrected chi connectivity index (χ4v) is 1.87. The average molecular weight is 226 g/mol. The van der Waals surface area contributed by atoms with Crippen LogP contribution in [0.4, 0.5) is 0 Å². The Labute approximate surface area is 97.2 Å². The Hall–Kier alpha value is -0.870. The molecular formula is C12H22N2O2. The van der Waals surface area contributed by atoms with Gasteiger partial charge in [0.1, 0.15) is 0 Å². The Morgan fingerprint density at radius 3 is 2.88 bits per heavy atom. The number of nitrogens with zero attached hydrogens (tertiary/aromatic N) is 2. The van der Waals surface area contributed by atoms with Crippen LogP contribution in [0.2, 0.25) is 0 Å². The van der Waals surface area contributed by atoms with Gasteiger partial charge < -0.3 is 9.84 Å². The molecule has 1 N–H and O–H groups in total. The highest BCUT2D eigenvalue weighted by Gasteiger charge is 2.10. The fraction of sp³-hybridized carbons (Fsp3) is 0.750. The summed E-state index contributed by atoms with van der Waals surface area (Å²) in [6, 6.07) is 0. The molecule has 0 aromatic carbocycles. The minimum absolute atomic E-state index is 0.245. The summed E-state index contributed by atoms with van der Waals surface area (Å²) in [5.74, 6) is 0.411. The monoisotopic (exact) mass is 226 g/mol. The summed E-state index contributed by atoms with van der Waals surface area (Å²) in [7, 11) is 3.60. The van der Waals surface area contributed by atoms with Gasteiger partial charge in [0, 0.05) is 27.0 Å². The van der Waals surface area contributed by atoms with Crippen LogP contribution in [0.5, 0.6) is 0 Å². The van der Waals surface area contributed by atoms with E-state index >= 15 is 0 Å². The maximum atomic E-state index is 9.83. The van der Waals surface area contributed by atoms with Crippen LogP contribution in [0, 0.1) is 5.92 Å². The van der Waals surface area contributed by atoms with Crippen LogP contribution in [0.15, 0.2) is 12.4 Å². The molecule has 1 heterocycles. The van der Waals surface area contributed by atoms with Gasteiger partial charge in [-0.1, -0.05) is 6.92 Å². The molecular weight excluding hydrogens is 204 g/mol. The summed E-state index contributed by atoms with van der Waals surface area (Å²) in [5.41, 5.74) is 1.18. The van der Waals surface area contributed by atoms with Crippen LogP contribution in [0.1, 0.15) is 25.3 Å². The van der Waals surface area contributed by atoms with Crippen LogP contribution in [-0.2, 0) is 18.2 Å². The minimum Gasteiger partial charge on any atom is -0.393 e. The predicted octanol–water partition coefficient (Wildman–Crippen LogP) is 1.39. The molecule has 4 nitrogen and oxygen atoms in total. The molecule has 0 fully saturated rings. The first-order valence-electron chi connectivity index (χ1n) is 5.76. The number of hydrogen-bond acceptors (Lipinski definition) is 3. The Morgan fingerprint density at radius 1 is 1.56 bits per heavy atom. The van der Waals surface area contributed by atoms with Crippen LogP contribution in [-0.4, -0.2) is 34.7 Å². The van der Waals surface area contributed by atoms with Gasteiger partial charge in [-0.25, -0.2) is 0 Å². The zero-order chi connectivity index (χ0) is 12.0. The standard InChI is InChI=1S/C12H22N2O2/c1-10(9-16-3)6-12(15)5-4-11-7-13-14(2)8-11/h7-8,10,12,15H,4-6,9H2,1-3H3. The number of aryl methyl sites for hydroxylation is 2. The van der Waals surface area contributed by atoms with E-state index in [0.29, 0.717) is 12.5 Å². The van der Waals surface area contributed by atoms with E-state index in [1.54, 1.807) is 11.8 Å². The molecule has 1 rings (SSSR count). The second-order valence-electron chi connectivity index (χ2n) is 4.51. The van der Waals surface area contributed by atoms with Crippen molar-refractivity contribution in [1.82, 2.24) is 9.78 Å². The van der Waals surface area contributed by atoms with E-state index in [4.69, 9.17) is 4.74 Å². The van der Waals surface area contributed by atoms with E-state index in [9.17, 15) is 5.11 Å². The molecule has 0 aliphatic heterocycles. The lowest BCUT2D eigenvalue weighted by Gasteiger charge is -2.15. The molecule has 0 saturated carbocycles. The van der Waals surface area contributed by atoms with Crippen molar-refractivity contribution in [3.63, 3.8) is 0 Å². The van der Waals surface area contributed by atoms with E-state index in [-0.39, 0.29) is 6.10 Å². The van der Waals surface area contributed by atoms with E-state index in [1.807, 2.05) is 19.4 Å². The van der Waals surface area contributed by atoms with E-state index < -0.39 is 0 Å². The maximum absolute atomic E-state index is 9.83. The molecule has 16 heavy (non-hydrogen) atoms. The van der Waals surface area contributed by atoms with Gasteiger partial charge in [0.05, 0.1) is 12.3 Å². The Balaban J connectivity index is 2.22. The van der Waals surface area contributed by atoms with Crippen molar-refractivity contribution < 1.29 is 9.84 Å². The Morgan fingerprint density at radius 2 is 2.31 bits per heavy atom. The van der Waals surface area contributed by atoms with E-state index in [1.165, 1.54) is 5.56 Å². The number of aliphatic hydroxyl groups is 1. The third kappa shape index (κ3) is 4.77. The second kappa shape index (κ2) is 6.66. The van der Waals surface area contributed by atoms with Gasteiger partial charge >= 0.3 is 0 Å². The van der Waals surface area contributed by atoms with Crippen LogP contribution in [0.25, 0.3) is 0 Å². The molecule has 1 aromatic heterocycles. The fourth-order valence-electron chi connectivity index (χ4n) is 1.87. The zero-order valence-electron chi connectivity index (χ0n) is 10.4. The van der Waals surface area contributed by atoms with E-state index in [2.05, 4.69) is 12.0 Å². The normalized spacial score (nSPS) is 15.0. The molecule has 0 saturated heterocycles. The van der Waals surface area contributed by atoms with Crippen molar-refractivity contribution >= 4 is 0 Å². The third-order valence-corrected chi connectivity index (χ3v) is 2.65. The molecule has 0 aliphatic rings. The molecule has 0 bridgehead atoms. The predicted molar refractivity (Wildman–Crippen MR) is 63.2 cm³/mol. The molecule has 0 amide bonds. The molecule has 0 spiro atoms. The Bertz CT molecular complexity index is 299. The highest BCUT2D eigenvalue weighted by Crippen LogP contribution is 2.12. The maximum Gasteiger partial charge on any atom is 0.0546 e. The van der Waals surface area contributed by atoms with E-state index in [0.717, 1.165) is 19.3 Å². The molecule has 0 aliphatic carbocycles. The summed E-state index contributed by atoms with van der Waals surface area (Å²) in [5, 5.41) is 13.9. The van der Waals surface area contributed by atoms with Crippen molar-refractivity contribution in [2.45, 2.75) is 32.3 Å². The number of ether oxygens (including phenoxy) is 1. The lowest BCUT2D eigenvalue weighted by Crippen LogP contribution is -2.15. The molecule has 1 aromatic rings. The smallest absolute Gasteiger partial charge is 0.0546 e. The molecule has 2 unspecified atom stereocenters. The summed E-state index contributed by atoms with van der Waals surface area (Å²) < 4.78 is 6.83. The summed E-state index contributed by atoms with van der Waals surface area (Å²) in [6.07, 6.45) is 6.07. The first-order valence-corrected chi connectivity index (χ1v) is 5.76. The average Bonchev–Trinajstić information content (AvgIpc) is 2.61. The topological polar surface area (TPSA) is 47.3 Å². The van der Waals surface area contributed by atoms with Gasteiger partial charge in [-0.05, 0) is 30.7 Å². The summed E-state index contributed by atoms with van der Waals surface area (Å²) in [4.78, 5) is 0. The molecule has 92 valence electrons. The number of aliphatic hydroxyl groups excluding tert-OH is 1. The number of methoxy groups -OCH3 is 1. The lowest BCUT2D eigenvalue weighted by molar-refractivity contribution is 0.0967. The zero-order valence-corrected chi connectivity index (χ0v) is 10.4. The van der Waals surface area contributed by atoms with Crippen molar-refractivity contribution in [3.8, 4) is 0 Å².